The lowest BCUT2D eigenvalue weighted by Gasteiger charge is -2.40. The molecule has 0 spiro atoms. The Balaban J connectivity index is 1.45. The van der Waals surface area contributed by atoms with Crippen molar-refractivity contribution in [1.29, 1.82) is 0 Å². The molecule has 0 aliphatic heterocycles. The largest absolute Gasteiger partial charge is 0.459 e. The van der Waals surface area contributed by atoms with Crippen LogP contribution in [0.5, 0.6) is 0 Å². The molecule has 0 saturated heterocycles. The topological polar surface area (TPSA) is 108 Å². The van der Waals surface area contributed by atoms with Gasteiger partial charge in [0.25, 0.3) is 10.1 Å². The summed E-state index contributed by atoms with van der Waals surface area (Å²) >= 11 is 0. The Morgan fingerprint density at radius 1 is 0.679 bits per heavy atom. The fraction of sp³-hybridized carbons (Fsp3) is 0.277. The predicted molar refractivity (Wildman–Crippen MR) is 220 cm³/mol. The standard InChI is InChI=1S/C47H51NO7S/c1-6-35(2)54-44(49)38(22-19-33-53-56(51,52)42-31-29-37(30-32-42)36-20-11-7-12-21-36)34-43(45(50)55-46(3,4)5)48-47(39-23-13-8-14-24-39,40-25-15-9-16-26-40)41-27-17-10-18-28-41/h6-18,20-21,23-32,38,43,48H,19,22,33-34H2,1-5H3/b35-6+/t38-,43-/m0/s1. The Morgan fingerprint density at radius 3 is 1.61 bits per heavy atom. The number of benzene rings is 5. The van der Waals surface area contributed by atoms with Gasteiger partial charge in [-0.1, -0.05) is 133 Å². The molecule has 0 saturated carbocycles. The minimum atomic E-state index is -4.08. The molecule has 0 fully saturated rings. The lowest BCUT2D eigenvalue weighted by atomic mass is 9.76. The minimum absolute atomic E-state index is 0.00725. The molecule has 8 nitrogen and oxygen atoms in total. The van der Waals surface area contributed by atoms with E-state index in [1.807, 2.05) is 121 Å². The van der Waals surface area contributed by atoms with Gasteiger partial charge in [-0.05, 0) is 99.9 Å². The van der Waals surface area contributed by atoms with Crippen molar-refractivity contribution < 1.29 is 31.7 Å². The summed E-state index contributed by atoms with van der Waals surface area (Å²) in [5, 5.41) is 3.72. The molecule has 0 radical (unpaired) electrons. The van der Waals surface area contributed by atoms with Crippen molar-refractivity contribution in [3.05, 3.63) is 174 Å². The first-order valence-corrected chi connectivity index (χ1v) is 20.3. The van der Waals surface area contributed by atoms with Crippen molar-refractivity contribution in [2.45, 2.75) is 76.0 Å². The quantitative estimate of drug-likeness (QED) is 0.0327. The molecule has 0 bridgehead atoms. The number of allylic oxidation sites excluding steroid dienone is 2. The average Bonchev–Trinajstić information content (AvgIpc) is 3.21. The van der Waals surface area contributed by atoms with E-state index in [4.69, 9.17) is 13.7 Å². The molecule has 5 aromatic carbocycles. The van der Waals surface area contributed by atoms with E-state index in [-0.39, 0.29) is 30.8 Å². The van der Waals surface area contributed by atoms with Crippen LogP contribution in [0.4, 0.5) is 0 Å². The second kappa shape index (κ2) is 19.0. The molecule has 0 aliphatic rings. The van der Waals surface area contributed by atoms with E-state index in [1.54, 1.807) is 52.8 Å². The van der Waals surface area contributed by atoms with Crippen molar-refractivity contribution in [2.75, 3.05) is 6.61 Å². The first-order chi connectivity index (χ1) is 26.8. The highest BCUT2D eigenvalue weighted by atomic mass is 32.2. The lowest BCUT2D eigenvalue weighted by molar-refractivity contribution is -0.159. The third kappa shape index (κ3) is 10.9. The third-order valence-electron chi connectivity index (χ3n) is 9.41. The van der Waals surface area contributed by atoms with Crippen LogP contribution < -0.4 is 5.32 Å². The van der Waals surface area contributed by atoms with Crippen LogP contribution in [0.2, 0.25) is 0 Å². The molecule has 0 heterocycles. The highest BCUT2D eigenvalue weighted by molar-refractivity contribution is 7.86. The first kappa shape index (κ1) is 41.8. The molecule has 5 aromatic rings. The summed E-state index contributed by atoms with van der Waals surface area (Å²) in [5.74, 6) is -1.51. The van der Waals surface area contributed by atoms with Gasteiger partial charge in [0, 0.05) is 0 Å². The van der Waals surface area contributed by atoms with Gasteiger partial charge in [-0.2, -0.15) is 8.42 Å². The Morgan fingerprint density at radius 2 is 1.14 bits per heavy atom. The zero-order valence-electron chi connectivity index (χ0n) is 32.7. The Hall–Kier alpha value is -5.35. The van der Waals surface area contributed by atoms with Gasteiger partial charge >= 0.3 is 11.9 Å². The maximum Gasteiger partial charge on any atom is 0.323 e. The molecule has 0 amide bonds. The predicted octanol–water partition coefficient (Wildman–Crippen LogP) is 9.60. The maximum atomic E-state index is 14.3. The molecule has 0 unspecified atom stereocenters. The summed E-state index contributed by atoms with van der Waals surface area (Å²) in [4.78, 5) is 28.3. The average molecular weight is 774 g/mol. The third-order valence-corrected chi connectivity index (χ3v) is 10.7. The Bertz CT molecular complexity index is 2050. The van der Waals surface area contributed by atoms with Crippen molar-refractivity contribution in [1.82, 2.24) is 5.32 Å². The second-order valence-electron chi connectivity index (χ2n) is 14.6. The smallest absolute Gasteiger partial charge is 0.323 e. The Labute approximate surface area is 331 Å². The van der Waals surface area contributed by atoms with Crippen LogP contribution in [0.3, 0.4) is 0 Å². The van der Waals surface area contributed by atoms with E-state index in [2.05, 4.69) is 5.32 Å². The summed E-state index contributed by atoms with van der Waals surface area (Å²) in [6, 6.07) is 44.7. The van der Waals surface area contributed by atoms with E-state index in [1.165, 1.54) is 12.1 Å². The fourth-order valence-corrected chi connectivity index (χ4v) is 7.53. The van der Waals surface area contributed by atoms with Gasteiger partial charge in [0.05, 0.1) is 23.0 Å². The number of hydrogen-bond acceptors (Lipinski definition) is 8. The number of carbonyl (C=O) groups is 2. The number of carbonyl (C=O) groups excluding carboxylic acids is 2. The molecule has 9 heteroatoms. The van der Waals surface area contributed by atoms with Crippen LogP contribution in [0.25, 0.3) is 11.1 Å². The second-order valence-corrected chi connectivity index (χ2v) is 16.3. The number of esters is 2. The zero-order valence-corrected chi connectivity index (χ0v) is 33.5. The highest BCUT2D eigenvalue weighted by Crippen LogP contribution is 2.38. The van der Waals surface area contributed by atoms with Crippen molar-refractivity contribution >= 4 is 22.1 Å². The number of ether oxygens (including phenoxy) is 2. The molecular weight excluding hydrogens is 723 g/mol. The number of hydrogen-bond donors (Lipinski definition) is 1. The fourth-order valence-electron chi connectivity index (χ4n) is 6.59. The molecule has 56 heavy (non-hydrogen) atoms. The van der Waals surface area contributed by atoms with Crippen LogP contribution in [-0.4, -0.2) is 38.6 Å². The van der Waals surface area contributed by atoms with Crippen molar-refractivity contribution in [3.8, 4) is 11.1 Å². The summed E-state index contributed by atoms with van der Waals surface area (Å²) in [6.07, 6.45) is 2.04. The minimum Gasteiger partial charge on any atom is -0.459 e. The van der Waals surface area contributed by atoms with Crippen LogP contribution in [0.1, 0.15) is 70.6 Å². The molecule has 2 atom stereocenters. The summed E-state index contributed by atoms with van der Waals surface area (Å²) < 4.78 is 43.6. The molecule has 1 N–H and O–H groups in total. The highest BCUT2D eigenvalue weighted by Gasteiger charge is 2.42. The first-order valence-electron chi connectivity index (χ1n) is 18.9. The van der Waals surface area contributed by atoms with E-state index >= 15 is 0 Å². The van der Waals surface area contributed by atoms with E-state index in [0.29, 0.717) is 5.76 Å². The molecule has 5 rings (SSSR count). The van der Waals surface area contributed by atoms with Crippen LogP contribution >= 0.6 is 0 Å². The van der Waals surface area contributed by atoms with Gasteiger partial charge in [-0.25, -0.2) is 0 Å². The monoisotopic (exact) mass is 773 g/mol. The van der Waals surface area contributed by atoms with E-state index in [9.17, 15) is 18.0 Å². The van der Waals surface area contributed by atoms with Gasteiger partial charge in [0.1, 0.15) is 17.4 Å². The molecular formula is C47H51NO7S. The lowest BCUT2D eigenvalue weighted by Crippen LogP contribution is -2.54. The molecule has 0 aromatic heterocycles. The van der Waals surface area contributed by atoms with Gasteiger partial charge < -0.3 is 9.47 Å². The number of nitrogens with one attached hydrogen (secondary N) is 1. The van der Waals surface area contributed by atoms with Crippen molar-refractivity contribution in [2.24, 2.45) is 5.92 Å². The van der Waals surface area contributed by atoms with E-state index in [0.717, 1.165) is 27.8 Å². The summed E-state index contributed by atoms with van der Waals surface area (Å²) in [7, 11) is -4.08. The number of rotatable bonds is 17. The summed E-state index contributed by atoms with van der Waals surface area (Å²) in [6.45, 7) is 8.67. The maximum absolute atomic E-state index is 14.3. The molecule has 292 valence electrons. The Kier molecular flexibility index (Phi) is 14.2. The molecule has 0 aliphatic carbocycles. The van der Waals surface area contributed by atoms with Gasteiger partial charge in [-0.3, -0.25) is 19.1 Å². The van der Waals surface area contributed by atoms with Crippen LogP contribution in [0, 0.1) is 5.92 Å². The normalized spacial score (nSPS) is 13.4. The van der Waals surface area contributed by atoms with Crippen molar-refractivity contribution in [3.63, 3.8) is 0 Å². The SMILES string of the molecule is C/C=C(\C)OC(=O)[C@@H](CCCOS(=O)(=O)c1ccc(-c2ccccc2)cc1)C[C@H](NC(c1ccccc1)(c1ccccc1)c1ccccc1)C(=O)OC(C)(C)C. The van der Waals surface area contributed by atoms with Gasteiger partial charge in [0.2, 0.25) is 0 Å². The van der Waals surface area contributed by atoms with Crippen LogP contribution in [0.15, 0.2) is 162 Å². The van der Waals surface area contributed by atoms with E-state index < -0.39 is 45.2 Å². The van der Waals surface area contributed by atoms with Gasteiger partial charge in [0.15, 0.2) is 0 Å². The zero-order chi connectivity index (χ0) is 40.2. The van der Waals surface area contributed by atoms with Gasteiger partial charge in [-0.15, -0.1) is 0 Å². The summed E-state index contributed by atoms with van der Waals surface area (Å²) in [5.41, 5.74) is 2.61. The van der Waals surface area contributed by atoms with Crippen LogP contribution in [-0.2, 0) is 38.9 Å².